The van der Waals surface area contributed by atoms with Crippen LogP contribution in [-0.2, 0) is 6.42 Å². The van der Waals surface area contributed by atoms with E-state index in [0.717, 1.165) is 23.0 Å². The molecule has 0 aliphatic heterocycles. The smallest absolute Gasteiger partial charge is 0.0249 e. The van der Waals surface area contributed by atoms with Crippen molar-refractivity contribution in [3.8, 4) is 11.8 Å². The molecule has 0 amide bonds. The summed E-state index contributed by atoms with van der Waals surface area (Å²) in [4.78, 5) is 0. The van der Waals surface area contributed by atoms with Crippen LogP contribution in [0.4, 0.5) is 0 Å². The zero-order chi connectivity index (χ0) is 21.7. The molecule has 0 heterocycles. The van der Waals surface area contributed by atoms with Crippen molar-refractivity contribution in [2.45, 2.75) is 84.5 Å². The van der Waals surface area contributed by atoms with E-state index in [4.69, 9.17) is 0 Å². The quantitative estimate of drug-likeness (QED) is 0.285. The Bertz CT molecular complexity index is 834. The van der Waals surface area contributed by atoms with Gasteiger partial charge in [-0.3, -0.25) is 0 Å². The topological polar surface area (TPSA) is 0 Å². The lowest BCUT2D eigenvalue weighted by molar-refractivity contribution is 0.249. The third kappa shape index (κ3) is 8.41. The monoisotopic (exact) mass is 412 g/mol. The van der Waals surface area contributed by atoms with Crippen molar-refractivity contribution in [2.75, 3.05) is 0 Å². The molecule has 0 radical (unpaired) electrons. The summed E-state index contributed by atoms with van der Waals surface area (Å²) in [6.45, 7) is 4.34. The maximum Gasteiger partial charge on any atom is 0.0249 e. The number of hydrogen-bond donors (Lipinski definition) is 0. The van der Waals surface area contributed by atoms with Crippen LogP contribution in [-0.4, -0.2) is 0 Å². The van der Waals surface area contributed by atoms with E-state index in [1.165, 1.54) is 81.8 Å². The standard InChI is InChI=1S/C31H40/c1-3-5-6-7-9-27-12-16-29(17-13-27)19-21-31-24-22-30(23-25-31)20-18-28-14-10-26(8-4-2)11-15-28/h4,8,10-11,14-15,22-25,27,29H,3,5-7,9,12-13,16-17,19,21H2,1-2H3/b8-4+. The number of benzene rings is 2. The van der Waals surface area contributed by atoms with E-state index in [9.17, 15) is 0 Å². The number of aryl methyl sites for hydroxylation is 1. The predicted octanol–water partition coefficient (Wildman–Crippen LogP) is 8.83. The second-order valence-corrected chi connectivity index (χ2v) is 9.34. The normalized spacial score (nSPS) is 18.6. The predicted molar refractivity (Wildman–Crippen MR) is 136 cm³/mol. The molecule has 0 bridgehead atoms. The first-order valence-corrected chi connectivity index (χ1v) is 12.6. The minimum absolute atomic E-state index is 0.942. The Labute approximate surface area is 191 Å². The zero-order valence-corrected chi connectivity index (χ0v) is 19.7. The molecule has 0 aromatic heterocycles. The fourth-order valence-electron chi connectivity index (χ4n) is 4.81. The fourth-order valence-corrected chi connectivity index (χ4v) is 4.81. The van der Waals surface area contributed by atoms with Crippen LogP contribution in [0, 0.1) is 23.7 Å². The summed E-state index contributed by atoms with van der Waals surface area (Å²) in [5.41, 5.74) is 4.85. The molecule has 0 saturated heterocycles. The van der Waals surface area contributed by atoms with Crippen LogP contribution in [0.1, 0.15) is 100 Å². The van der Waals surface area contributed by atoms with Crippen molar-refractivity contribution in [3.63, 3.8) is 0 Å². The molecule has 0 atom stereocenters. The third-order valence-electron chi connectivity index (χ3n) is 6.85. The van der Waals surface area contributed by atoms with Gasteiger partial charge in [-0.05, 0) is 67.0 Å². The lowest BCUT2D eigenvalue weighted by Gasteiger charge is -2.28. The Morgan fingerprint density at radius 3 is 1.90 bits per heavy atom. The van der Waals surface area contributed by atoms with Gasteiger partial charge < -0.3 is 0 Å². The van der Waals surface area contributed by atoms with Crippen molar-refractivity contribution < 1.29 is 0 Å². The molecule has 1 saturated carbocycles. The van der Waals surface area contributed by atoms with Gasteiger partial charge in [0.1, 0.15) is 0 Å². The molecule has 2 aromatic rings. The van der Waals surface area contributed by atoms with Gasteiger partial charge in [0.25, 0.3) is 0 Å². The highest BCUT2D eigenvalue weighted by Gasteiger charge is 2.20. The molecule has 31 heavy (non-hydrogen) atoms. The Hall–Kier alpha value is -2.26. The average Bonchev–Trinajstić information content (AvgIpc) is 2.82. The summed E-state index contributed by atoms with van der Waals surface area (Å²) in [7, 11) is 0. The maximum atomic E-state index is 3.31. The van der Waals surface area contributed by atoms with Gasteiger partial charge in [0.05, 0.1) is 0 Å². The second kappa shape index (κ2) is 13.2. The van der Waals surface area contributed by atoms with Crippen LogP contribution in [0.3, 0.4) is 0 Å². The van der Waals surface area contributed by atoms with Gasteiger partial charge in [-0.25, -0.2) is 0 Å². The van der Waals surface area contributed by atoms with Crippen molar-refractivity contribution in [3.05, 3.63) is 76.9 Å². The molecule has 2 aromatic carbocycles. The Kier molecular flexibility index (Phi) is 9.98. The summed E-state index contributed by atoms with van der Waals surface area (Å²) < 4.78 is 0. The van der Waals surface area contributed by atoms with Gasteiger partial charge in [-0.15, -0.1) is 0 Å². The summed E-state index contributed by atoms with van der Waals surface area (Å²) in [5.74, 6) is 8.55. The molecule has 3 rings (SSSR count). The molecular formula is C31H40. The van der Waals surface area contributed by atoms with Crippen LogP contribution < -0.4 is 0 Å². The maximum absolute atomic E-state index is 3.31. The van der Waals surface area contributed by atoms with Crippen LogP contribution >= 0.6 is 0 Å². The molecule has 0 N–H and O–H groups in total. The van der Waals surface area contributed by atoms with Crippen molar-refractivity contribution >= 4 is 6.08 Å². The van der Waals surface area contributed by atoms with E-state index in [2.05, 4.69) is 79.4 Å². The van der Waals surface area contributed by atoms with Crippen LogP contribution in [0.25, 0.3) is 6.08 Å². The summed E-state index contributed by atoms with van der Waals surface area (Å²) in [6.07, 6.45) is 19.7. The van der Waals surface area contributed by atoms with Gasteiger partial charge in [0.15, 0.2) is 0 Å². The average molecular weight is 413 g/mol. The highest BCUT2D eigenvalue weighted by molar-refractivity contribution is 5.52. The molecule has 0 heteroatoms. The van der Waals surface area contributed by atoms with Gasteiger partial charge >= 0.3 is 0 Å². The first-order valence-electron chi connectivity index (χ1n) is 12.6. The minimum atomic E-state index is 0.942. The molecule has 1 aliphatic carbocycles. The van der Waals surface area contributed by atoms with Gasteiger partial charge in [-0.1, -0.05) is 113 Å². The molecular weight excluding hydrogens is 372 g/mol. The minimum Gasteiger partial charge on any atom is -0.0871 e. The number of unbranched alkanes of at least 4 members (excludes halogenated alkanes) is 3. The van der Waals surface area contributed by atoms with Crippen LogP contribution in [0.2, 0.25) is 0 Å². The van der Waals surface area contributed by atoms with Gasteiger partial charge in [-0.2, -0.15) is 0 Å². The molecule has 0 spiro atoms. The Balaban J connectivity index is 1.39. The largest absolute Gasteiger partial charge is 0.0871 e. The number of rotatable bonds is 9. The van der Waals surface area contributed by atoms with E-state index in [1.807, 2.05) is 6.92 Å². The molecule has 0 nitrogen and oxygen atoms in total. The summed E-state index contributed by atoms with van der Waals surface area (Å²) in [5, 5.41) is 0. The first kappa shape index (κ1) is 23.4. The first-order chi connectivity index (χ1) is 15.3. The molecule has 0 unspecified atom stereocenters. The third-order valence-corrected chi connectivity index (χ3v) is 6.85. The van der Waals surface area contributed by atoms with Crippen LogP contribution in [0.5, 0.6) is 0 Å². The fraction of sp³-hybridized carbons (Fsp3) is 0.484. The lowest BCUT2D eigenvalue weighted by Crippen LogP contribution is -2.15. The lowest BCUT2D eigenvalue weighted by atomic mass is 9.77. The highest BCUT2D eigenvalue weighted by atomic mass is 14.3. The van der Waals surface area contributed by atoms with E-state index in [1.54, 1.807) is 0 Å². The van der Waals surface area contributed by atoms with E-state index < -0.39 is 0 Å². The van der Waals surface area contributed by atoms with E-state index in [0.29, 0.717) is 0 Å². The number of allylic oxidation sites excluding steroid dienone is 1. The molecule has 1 fully saturated rings. The Morgan fingerprint density at radius 1 is 0.742 bits per heavy atom. The zero-order valence-electron chi connectivity index (χ0n) is 19.7. The van der Waals surface area contributed by atoms with Gasteiger partial charge in [0.2, 0.25) is 0 Å². The van der Waals surface area contributed by atoms with Crippen LogP contribution in [0.15, 0.2) is 54.6 Å². The Morgan fingerprint density at radius 2 is 1.32 bits per heavy atom. The van der Waals surface area contributed by atoms with Crippen molar-refractivity contribution in [1.82, 2.24) is 0 Å². The molecule has 164 valence electrons. The summed E-state index contributed by atoms with van der Waals surface area (Å²) in [6, 6.07) is 17.3. The van der Waals surface area contributed by atoms with Crippen molar-refractivity contribution in [2.24, 2.45) is 11.8 Å². The second-order valence-electron chi connectivity index (χ2n) is 9.34. The highest BCUT2D eigenvalue weighted by Crippen LogP contribution is 2.34. The number of hydrogen-bond acceptors (Lipinski definition) is 0. The van der Waals surface area contributed by atoms with Crippen molar-refractivity contribution in [1.29, 1.82) is 0 Å². The van der Waals surface area contributed by atoms with E-state index in [-0.39, 0.29) is 0 Å². The molecule has 1 aliphatic rings. The SMILES string of the molecule is C/C=C/c1ccc(C#Cc2ccc(CCC3CCC(CCCCCC)CC3)cc2)cc1. The van der Waals surface area contributed by atoms with E-state index >= 15 is 0 Å². The summed E-state index contributed by atoms with van der Waals surface area (Å²) >= 11 is 0. The van der Waals surface area contributed by atoms with Gasteiger partial charge in [0, 0.05) is 11.1 Å².